The predicted molar refractivity (Wildman–Crippen MR) is 277 cm³/mol. The summed E-state index contributed by atoms with van der Waals surface area (Å²) in [7, 11) is 0. The SMILES string of the molecule is c1ccc2c(c1)Sc1ccccc1C21c2ccccc2-c2ccc(N(c3ccc4sc5ccccc5c4c3)c3cccc4c3-c3ccccc3C43c4ccccc4Sc4ccccc43)cc21. The van der Waals surface area contributed by atoms with Gasteiger partial charge in [0.2, 0.25) is 0 Å². The maximum atomic E-state index is 2.59. The van der Waals surface area contributed by atoms with Gasteiger partial charge in [-0.1, -0.05) is 181 Å². The lowest BCUT2D eigenvalue weighted by Gasteiger charge is -2.40. The Bertz CT molecular complexity index is 3790. The largest absolute Gasteiger partial charge is 0.310 e. The molecule has 11 aromatic rings. The van der Waals surface area contributed by atoms with Crippen LogP contribution in [-0.4, -0.2) is 0 Å². The number of nitrogens with zero attached hydrogens (tertiary/aromatic N) is 1. The number of benzene rings is 10. The number of rotatable bonds is 3. The van der Waals surface area contributed by atoms with E-state index in [-0.39, 0.29) is 0 Å². The van der Waals surface area contributed by atoms with Crippen LogP contribution in [0.1, 0.15) is 44.5 Å². The maximum absolute atomic E-state index is 2.59. The molecule has 2 aliphatic carbocycles. The van der Waals surface area contributed by atoms with Crippen LogP contribution in [0.15, 0.2) is 244 Å². The Balaban J connectivity index is 1.05. The topological polar surface area (TPSA) is 3.24 Å². The van der Waals surface area contributed by atoms with E-state index < -0.39 is 10.8 Å². The molecule has 4 heteroatoms. The van der Waals surface area contributed by atoms with E-state index in [2.05, 4.69) is 229 Å². The van der Waals surface area contributed by atoms with Crippen LogP contribution in [-0.2, 0) is 10.8 Å². The Morgan fingerprint density at radius 3 is 1.41 bits per heavy atom. The molecule has 66 heavy (non-hydrogen) atoms. The minimum Gasteiger partial charge on any atom is -0.310 e. The second kappa shape index (κ2) is 13.7. The summed E-state index contributed by atoms with van der Waals surface area (Å²) in [5.41, 5.74) is 18.3. The van der Waals surface area contributed by atoms with Gasteiger partial charge in [-0.05, 0) is 128 Å². The molecule has 15 rings (SSSR count). The fraction of sp³-hybridized carbons (Fsp3) is 0.0323. The molecule has 0 unspecified atom stereocenters. The van der Waals surface area contributed by atoms with Crippen molar-refractivity contribution < 1.29 is 0 Å². The van der Waals surface area contributed by atoms with Gasteiger partial charge in [-0.25, -0.2) is 0 Å². The maximum Gasteiger partial charge on any atom is 0.0736 e. The van der Waals surface area contributed by atoms with Crippen molar-refractivity contribution in [2.75, 3.05) is 4.90 Å². The summed E-state index contributed by atoms with van der Waals surface area (Å²) in [5, 5.41) is 2.58. The van der Waals surface area contributed by atoms with Gasteiger partial charge in [-0.15, -0.1) is 11.3 Å². The van der Waals surface area contributed by atoms with Crippen molar-refractivity contribution in [2.45, 2.75) is 30.4 Å². The van der Waals surface area contributed by atoms with E-state index in [9.17, 15) is 0 Å². The number of anilines is 3. The second-order valence-corrected chi connectivity index (χ2v) is 21.1. The van der Waals surface area contributed by atoms with Gasteiger partial charge in [-0.2, -0.15) is 0 Å². The van der Waals surface area contributed by atoms with Crippen molar-refractivity contribution in [1.82, 2.24) is 0 Å². The van der Waals surface area contributed by atoms with Crippen LogP contribution in [0.4, 0.5) is 17.1 Å². The lowest BCUT2D eigenvalue weighted by atomic mass is 9.67. The molecule has 0 saturated carbocycles. The molecule has 1 aromatic heterocycles. The van der Waals surface area contributed by atoms with Crippen LogP contribution >= 0.6 is 34.9 Å². The smallest absolute Gasteiger partial charge is 0.0736 e. The summed E-state index contributed by atoms with van der Waals surface area (Å²) in [5.74, 6) is 0. The summed E-state index contributed by atoms with van der Waals surface area (Å²) >= 11 is 5.67. The first kappa shape index (κ1) is 37.2. The Kier molecular flexibility index (Phi) is 7.73. The fourth-order valence-corrected chi connectivity index (χ4v) is 15.8. The van der Waals surface area contributed by atoms with Crippen LogP contribution in [0.3, 0.4) is 0 Å². The van der Waals surface area contributed by atoms with Crippen LogP contribution in [0, 0.1) is 0 Å². The molecule has 0 amide bonds. The van der Waals surface area contributed by atoms with Gasteiger partial charge in [-0.3, -0.25) is 0 Å². The molecule has 0 bridgehead atoms. The molecule has 1 nitrogen and oxygen atoms in total. The normalized spacial score (nSPS) is 14.8. The molecule has 4 aliphatic rings. The van der Waals surface area contributed by atoms with E-state index in [4.69, 9.17) is 0 Å². The van der Waals surface area contributed by atoms with E-state index in [1.807, 2.05) is 34.9 Å². The van der Waals surface area contributed by atoms with Crippen molar-refractivity contribution in [3.63, 3.8) is 0 Å². The average molecular weight is 892 g/mol. The number of hydrogen-bond donors (Lipinski definition) is 0. The highest BCUT2D eigenvalue weighted by molar-refractivity contribution is 7.99. The zero-order valence-corrected chi connectivity index (χ0v) is 38.0. The van der Waals surface area contributed by atoms with Crippen LogP contribution in [0.2, 0.25) is 0 Å². The van der Waals surface area contributed by atoms with Crippen molar-refractivity contribution in [2.24, 2.45) is 0 Å². The van der Waals surface area contributed by atoms with E-state index in [1.165, 1.54) is 112 Å². The summed E-state index contributed by atoms with van der Waals surface area (Å²) in [6, 6.07) is 85.3. The molecule has 0 fully saturated rings. The first-order chi connectivity index (χ1) is 32.7. The third kappa shape index (κ3) is 4.73. The summed E-state index contributed by atoms with van der Waals surface area (Å²) in [6.45, 7) is 0. The predicted octanol–water partition coefficient (Wildman–Crippen LogP) is 17.2. The van der Waals surface area contributed by atoms with Gasteiger partial charge in [0, 0.05) is 56.7 Å². The lowest BCUT2D eigenvalue weighted by molar-refractivity contribution is 0.722. The molecule has 2 aliphatic heterocycles. The van der Waals surface area contributed by atoms with E-state index in [1.54, 1.807) is 0 Å². The van der Waals surface area contributed by atoms with E-state index in [0.29, 0.717) is 0 Å². The summed E-state index contributed by atoms with van der Waals surface area (Å²) < 4.78 is 2.61. The molecule has 0 saturated heterocycles. The van der Waals surface area contributed by atoms with Crippen molar-refractivity contribution in [3.8, 4) is 22.3 Å². The Labute approximate surface area is 396 Å². The van der Waals surface area contributed by atoms with Crippen LogP contribution < -0.4 is 4.90 Å². The zero-order valence-electron chi connectivity index (χ0n) is 35.5. The quantitative estimate of drug-likeness (QED) is 0.174. The van der Waals surface area contributed by atoms with Crippen molar-refractivity contribution in [1.29, 1.82) is 0 Å². The van der Waals surface area contributed by atoms with Crippen LogP contribution in [0.5, 0.6) is 0 Å². The highest BCUT2D eigenvalue weighted by atomic mass is 32.2. The molecular weight excluding hydrogens is 855 g/mol. The molecule has 0 N–H and O–H groups in total. The molecule has 0 atom stereocenters. The Morgan fingerprint density at radius 1 is 0.303 bits per heavy atom. The molecular formula is C62H37NS3. The minimum absolute atomic E-state index is 0.490. The Hall–Kier alpha value is -7.08. The van der Waals surface area contributed by atoms with Crippen molar-refractivity contribution >= 4 is 72.1 Å². The summed E-state index contributed by atoms with van der Waals surface area (Å²) in [4.78, 5) is 7.83. The lowest BCUT2D eigenvalue weighted by Crippen LogP contribution is -2.32. The van der Waals surface area contributed by atoms with E-state index in [0.717, 1.165) is 11.4 Å². The minimum atomic E-state index is -0.498. The molecule has 308 valence electrons. The van der Waals surface area contributed by atoms with Gasteiger partial charge in [0.25, 0.3) is 0 Å². The molecule has 3 heterocycles. The van der Waals surface area contributed by atoms with Gasteiger partial charge in [0.1, 0.15) is 0 Å². The third-order valence-electron chi connectivity index (χ3n) is 14.8. The summed E-state index contributed by atoms with van der Waals surface area (Å²) in [6.07, 6.45) is 0. The number of fused-ring (bicyclic) bond motifs is 21. The average Bonchev–Trinajstić information content (AvgIpc) is 4.00. The number of hydrogen-bond acceptors (Lipinski definition) is 4. The van der Waals surface area contributed by atoms with Gasteiger partial charge < -0.3 is 4.90 Å². The van der Waals surface area contributed by atoms with Gasteiger partial charge >= 0.3 is 0 Å². The first-order valence-corrected chi connectivity index (χ1v) is 25.1. The molecule has 10 aromatic carbocycles. The third-order valence-corrected chi connectivity index (χ3v) is 18.3. The second-order valence-electron chi connectivity index (χ2n) is 17.8. The molecule has 0 radical (unpaired) electrons. The fourth-order valence-electron chi connectivity index (χ4n) is 12.3. The highest BCUT2D eigenvalue weighted by Crippen LogP contribution is 2.66. The standard InChI is InChI=1S/C62H37NS3/c1-4-19-45-40(16-1)41-34-32-39(37-52(41)62(45)49-23-8-13-30-58(49)66-59-31-14-9-24-50(59)62)63(38-33-35-55-44(36-38)42-17-3-10-27-54(42)64-55)53-26-15-25-51-60(53)43-18-2-5-20-46(43)61(51)47-21-6-11-28-56(47)65-57-29-12-7-22-48(57)61/h1-37H. The molecule has 2 spiro atoms. The van der Waals surface area contributed by atoms with Gasteiger partial charge in [0.05, 0.1) is 16.5 Å². The first-order valence-electron chi connectivity index (χ1n) is 22.7. The van der Waals surface area contributed by atoms with E-state index >= 15 is 0 Å². The zero-order chi connectivity index (χ0) is 43.1. The monoisotopic (exact) mass is 891 g/mol. The van der Waals surface area contributed by atoms with Gasteiger partial charge in [0.15, 0.2) is 0 Å². The highest BCUT2D eigenvalue weighted by Gasteiger charge is 2.52. The number of thiophene rings is 1. The van der Waals surface area contributed by atoms with Crippen LogP contribution in [0.25, 0.3) is 42.4 Å². The van der Waals surface area contributed by atoms with Crippen molar-refractivity contribution in [3.05, 3.63) is 269 Å². The Morgan fingerprint density at radius 2 is 0.758 bits per heavy atom.